The number of hydrogen-bond donors (Lipinski definition) is 2. The quantitative estimate of drug-likeness (QED) is 0.825. The van der Waals surface area contributed by atoms with Gasteiger partial charge in [-0.25, -0.2) is 14.2 Å². The third-order valence-corrected chi connectivity index (χ3v) is 4.06. The highest BCUT2D eigenvalue weighted by atomic mass is 19.1. The molecular formula is C16H16FN3O4. The van der Waals surface area contributed by atoms with Crippen LogP contribution in [0.5, 0.6) is 0 Å². The molecular weight excluding hydrogens is 317 g/mol. The Balaban J connectivity index is 1.89. The molecule has 2 heterocycles. The average Bonchev–Trinajstić information content (AvgIpc) is 2.86. The van der Waals surface area contributed by atoms with Gasteiger partial charge in [-0.2, -0.15) is 0 Å². The molecule has 126 valence electrons. The molecule has 3 rings (SSSR count). The Morgan fingerprint density at radius 3 is 2.71 bits per heavy atom. The lowest BCUT2D eigenvalue weighted by Crippen LogP contribution is -2.53. The third-order valence-electron chi connectivity index (χ3n) is 4.06. The number of fused-ring (bicyclic) bond motifs is 1. The van der Waals surface area contributed by atoms with Crippen molar-refractivity contribution in [3.05, 3.63) is 29.8 Å². The van der Waals surface area contributed by atoms with Crippen LogP contribution in [0.25, 0.3) is 11.0 Å². The summed E-state index contributed by atoms with van der Waals surface area (Å²) in [5, 5.41) is 9.46. The molecule has 1 aromatic heterocycles. The van der Waals surface area contributed by atoms with Gasteiger partial charge in [-0.1, -0.05) is 6.92 Å². The fraction of sp³-hybridized carbons (Fsp3) is 0.375. The lowest BCUT2D eigenvalue weighted by Gasteiger charge is -2.32. The summed E-state index contributed by atoms with van der Waals surface area (Å²) >= 11 is 0. The van der Waals surface area contributed by atoms with E-state index in [0.717, 1.165) is 4.90 Å². The molecule has 2 amide bonds. The van der Waals surface area contributed by atoms with Crippen molar-refractivity contribution < 1.29 is 23.9 Å². The van der Waals surface area contributed by atoms with Gasteiger partial charge in [-0.05, 0) is 24.1 Å². The average molecular weight is 333 g/mol. The number of carbonyl (C=O) groups is 3. The smallest absolute Gasteiger partial charge is 0.327 e. The fourth-order valence-corrected chi connectivity index (χ4v) is 2.96. The van der Waals surface area contributed by atoms with Crippen LogP contribution in [0.1, 0.15) is 25.6 Å². The van der Waals surface area contributed by atoms with E-state index < -0.39 is 29.6 Å². The summed E-state index contributed by atoms with van der Waals surface area (Å²) in [6.07, 6.45) is 0.124. The molecule has 0 spiro atoms. The molecule has 0 aliphatic carbocycles. The molecule has 8 heteroatoms. The van der Waals surface area contributed by atoms with Gasteiger partial charge in [0.1, 0.15) is 17.7 Å². The van der Waals surface area contributed by atoms with Crippen LogP contribution in [0.15, 0.2) is 18.2 Å². The molecule has 0 saturated carbocycles. The van der Waals surface area contributed by atoms with E-state index in [2.05, 4.69) is 9.97 Å². The first-order valence-electron chi connectivity index (χ1n) is 7.57. The normalized spacial score (nSPS) is 17.5. The van der Waals surface area contributed by atoms with Crippen molar-refractivity contribution in [2.45, 2.75) is 32.2 Å². The molecule has 1 aliphatic rings. The number of benzene rings is 1. The van der Waals surface area contributed by atoms with Gasteiger partial charge in [-0.3, -0.25) is 14.5 Å². The highest BCUT2D eigenvalue weighted by Crippen LogP contribution is 2.23. The maximum atomic E-state index is 13.2. The molecule has 1 aromatic carbocycles. The van der Waals surface area contributed by atoms with Crippen LogP contribution in [0.3, 0.4) is 0 Å². The van der Waals surface area contributed by atoms with Crippen molar-refractivity contribution in [3.8, 4) is 0 Å². The first kappa shape index (κ1) is 16.1. The van der Waals surface area contributed by atoms with E-state index in [1.807, 2.05) is 0 Å². The van der Waals surface area contributed by atoms with Gasteiger partial charge in [0.05, 0.1) is 11.0 Å². The second kappa shape index (κ2) is 6.03. The Bertz CT molecular complexity index is 814. The number of piperidine rings is 1. The molecule has 7 nitrogen and oxygen atoms in total. The number of halogens is 1. The Morgan fingerprint density at radius 2 is 2.08 bits per heavy atom. The number of carboxylic acids is 1. The number of aromatic amines is 1. The zero-order valence-electron chi connectivity index (χ0n) is 13.0. The largest absolute Gasteiger partial charge is 0.480 e. The summed E-state index contributed by atoms with van der Waals surface area (Å²) in [7, 11) is 0. The number of rotatable bonds is 4. The summed E-state index contributed by atoms with van der Waals surface area (Å²) < 4.78 is 13.2. The summed E-state index contributed by atoms with van der Waals surface area (Å²) in [6.45, 7) is 1.77. The van der Waals surface area contributed by atoms with Crippen LogP contribution in [-0.2, 0) is 20.8 Å². The van der Waals surface area contributed by atoms with Crippen molar-refractivity contribution in [2.24, 2.45) is 5.92 Å². The number of nitrogens with one attached hydrogen (secondary N) is 1. The molecule has 1 aliphatic heterocycles. The maximum Gasteiger partial charge on any atom is 0.327 e. The fourth-order valence-electron chi connectivity index (χ4n) is 2.96. The molecule has 1 atom stereocenters. The molecule has 1 fully saturated rings. The number of H-pyrrole nitrogens is 1. The van der Waals surface area contributed by atoms with E-state index in [0.29, 0.717) is 11.0 Å². The van der Waals surface area contributed by atoms with E-state index in [1.165, 1.54) is 18.2 Å². The first-order chi connectivity index (χ1) is 11.3. The highest BCUT2D eigenvalue weighted by Gasteiger charge is 2.39. The number of carboxylic acid groups (broad SMARTS) is 1. The second-order valence-electron chi connectivity index (χ2n) is 6.07. The van der Waals surface area contributed by atoms with Crippen LogP contribution in [0.2, 0.25) is 0 Å². The molecule has 24 heavy (non-hydrogen) atoms. The van der Waals surface area contributed by atoms with Gasteiger partial charge in [-0.15, -0.1) is 0 Å². The predicted molar refractivity (Wildman–Crippen MR) is 81.4 cm³/mol. The SMILES string of the molecule is CC1CC(=O)N([C@H](Cc2nc3ccc(F)cc3[nH]2)C(=O)O)C(=O)C1. The summed E-state index contributed by atoms with van der Waals surface area (Å²) in [4.78, 5) is 43.7. The number of amides is 2. The van der Waals surface area contributed by atoms with Gasteiger partial charge in [0, 0.05) is 19.3 Å². The van der Waals surface area contributed by atoms with Crippen molar-refractivity contribution in [1.82, 2.24) is 14.9 Å². The number of nitrogens with zero attached hydrogens (tertiary/aromatic N) is 2. The zero-order valence-corrected chi connectivity index (χ0v) is 13.0. The van der Waals surface area contributed by atoms with Crippen LogP contribution in [-0.4, -0.2) is 43.8 Å². The van der Waals surface area contributed by atoms with Gasteiger partial charge >= 0.3 is 5.97 Å². The van der Waals surface area contributed by atoms with Crippen LogP contribution in [0.4, 0.5) is 4.39 Å². The van der Waals surface area contributed by atoms with Crippen LogP contribution >= 0.6 is 0 Å². The molecule has 0 bridgehead atoms. The Morgan fingerprint density at radius 1 is 1.42 bits per heavy atom. The minimum atomic E-state index is -1.33. The van der Waals surface area contributed by atoms with Gasteiger partial charge in [0.25, 0.3) is 0 Å². The number of likely N-dealkylation sites (tertiary alicyclic amines) is 1. The number of imidazole rings is 1. The first-order valence-corrected chi connectivity index (χ1v) is 7.57. The van der Waals surface area contributed by atoms with Gasteiger partial charge in [0.2, 0.25) is 11.8 Å². The van der Waals surface area contributed by atoms with E-state index in [1.54, 1.807) is 6.92 Å². The lowest BCUT2D eigenvalue weighted by atomic mass is 9.95. The van der Waals surface area contributed by atoms with E-state index >= 15 is 0 Å². The topological polar surface area (TPSA) is 103 Å². The second-order valence-corrected chi connectivity index (χ2v) is 6.07. The van der Waals surface area contributed by atoms with E-state index in [9.17, 15) is 23.9 Å². The van der Waals surface area contributed by atoms with Crippen LogP contribution < -0.4 is 0 Å². The summed E-state index contributed by atoms with van der Waals surface area (Å²) in [5.74, 6) is -2.52. The Labute approximate surface area is 136 Å². The van der Waals surface area contributed by atoms with Crippen LogP contribution in [0, 0.1) is 11.7 Å². The van der Waals surface area contributed by atoms with Gasteiger partial charge in [0.15, 0.2) is 0 Å². The Kier molecular flexibility index (Phi) is 4.04. The molecule has 0 radical (unpaired) electrons. The Hall–Kier alpha value is -2.77. The predicted octanol–water partition coefficient (Wildman–Crippen LogP) is 1.48. The van der Waals surface area contributed by atoms with E-state index in [-0.39, 0.29) is 31.0 Å². The number of aliphatic carboxylic acids is 1. The molecule has 2 N–H and O–H groups in total. The van der Waals surface area contributed by atoms with E-state index in [4.69, 9.17) is 0 Å². The molecule has 1 saturated heterocycles. The minimum Gasteiger partial charge on any atom is -0.480 e. The summed E-state index contributed by atoms with van der Waals surface area (Å²) in [5.41, 5.74) is 0.916. The zero-order chi connectivity index (χ0) is 17.4. The lowest BCUT2D eigenvalue weighted by molar-refractivity contribution is -0.161. The molecule has 2 aromatic rings. The van der Waals surface area contributed by atoms with Crippen molar-refractivity contribution in [2.75, 3.05) is 0 Å². The minimum absolute atomic E-state index is 0.0927. The standard InChI is InChI=1S/C16H16FN3O4/c1-8-4-14(21)20(15(22)5-8)12(16(23)24)7-13-18-10-3-2-9(17)6-11(10)19-13/h2-3,6,8,12H,4-5,7H2,1H3,(H,18,19)(H,23,24)/t12-/m1/s1. The monoisotopic (exact) mass is 333 g/mol. The highest BCUT2D eigenvalue weighted by molar-refractivity contribution is 6.01. The summed E-state index contributed by atoms with van der Waals surface area (Å²) in [6, 6.07) is 2.64. The van der Waals surface area contributed by atoms with Crippen molar-refractivity contribution in [3.63, 3.8) is 0 Å². The number of imide groups is 1. The third kappa shape index (κ3) is 2.99. The number of aromatic nitrogens is 2. The number of carbonyl (C=O) groups excluding carboxylic acids is 2. The molecule has 0 unspecified atom stereocenters. The maximum absolute atomic E-state index is 13.2. The number of hydrogen-bond acceptors (Lipinski definition) is 4. The van der Waals surface area contributed by atoms with Crippen molar-refractivity contribution in [1.29, 1.82) is 0 Å². The van der Waals surface area contributed by atoms with Gasteiger partial charge < -0.3 is 10.1 Å². The van der Waals surface area contributed by atoms with Crippen molar-refractivity contribution >= 4 is 28.8 Å².